The van der Waals surface area contributed by atoms with Crippen molar-refractivity contribution in [2.45, 2.75) is 32.7 Å². The van der Waals surface area contributed by atoms with Gasteiger partial charge in [-0.1, -0.05) is 25.4 Å². The molecule has 26 heavy (non-hydrogen) atoms. The van der Waals surface area contributed by atoms with Gasteiger partial charge in [-0.05, 0) is 25.0 Å². The van der Waals surface area contributed by atoms with Crippen LogP contribution in [-0.2, 0) is 14.3 Å². The molecule has 1 aromatic carbocycles. The van der Waals surface area contributed by atoms with Crippen LogP contribution < -0.4 is 10.6 Å². The molecular weight excluding hydrogens is 366 g/mol. The number of amides is 2. The number of hydrogen-bond acceptors (Lipinski definition) is 6. The topological polar surface area (TPSA) is 128 Å². The number of nitrogens with zero attached hydrogens (tertiary/aromatic N) is 1. The molecule has 0 atom stereocenters. The molecule has 0 bridgehead atoms. The largest absolute Gasteiger partial charge is 0.454 e. The third kappa shape index (κ3) is 6.67. The Morgan fingerprint density at radius 1 is 1.27 bits per heavy atom. The zero-order valence-corrected chi connectivity index (χ0v) is 15.2. The Labute approximate surface area is 155 Å². The molecule has 9 nitrogen and oxygen atoms in total. The lowest BCUT2D eigenvalue weighted by Gasteiger charge is -2.14. The minimum absolute atomic E-state index is 0.0154. The Hall–Kier alpha value is -2.68. The molecule has 0 aliphatic rings. The smallest absolute Gasteiger partial charge is 0.325 e. The molecule has 0 unspecified atom stereocenters. The van der Waals surface area contributed by atoms with Gasteiger partial charge in [0.05, 0.1) is 4.92 Å². The van der Waals surface area contributed by atoms with E-state index in [4.69, 9.17) is 16.3 Å². The number of nitro groups is 1. The summed E-state index contributed by atoms with van der Waals surface area (Å²) in [5.74, 6) is -1.93. The highest BCUT2D eigenvalue weighted by Gasteiger charge is 2.17. The molecule has 2 N–H and O–H groups in total. The monoisotopic (exact) mass is 385 g/mol. The molecule has 0 fully saturated rings. The standard InChI is InChI=1S/C16H20ClN3O6/c1-3-11(4-2)19-14(21)9-26-15(22)8-18-16(23)10-5-6-12(17)13(7-10)20(24)25/h5-7,11H,3-4,8-9H2,1-2H3,(H,18,23)(H,19,21). The zero-order valence-electron chi connectivity index (χ0n) is 14.4. The second-order valence-electron chi connectivity index (χ2n) is 5.35. The van der Waals surface area contributed by atoms with E-state index in [1.165, 1.54) is 12.1 Å². The maximum Gasteiger partial charge on any atom is 0.325 e. The van der Waals surface area contributed by atoms with Gasteiger partial charge in [-0.2, -0.15) is 0 Å². The van der Waals surface area contributed by atoms with E-state index in [0.717, 1.165) is 18.9 Å². The van der Waals surface area contributed by atoms with Crippen molar-refractivity contribution in [1.29, 1.82) is 0 Å². The SMILES string of the molecule is CCC(CC)NC(=O)COC(=O)CNC(=O)c1ccc(Cl)c([N+](=O)[O-])c1. The number of halogens is 1. The van der Waals surface area contributed by atoms with Crippen LogP contribution in [0.4, 0.5) is 5.69 Å². The Morgan fingerprint density at radius 2 is 1.92 bits per heavy atom. The molecule has 0 aliphatic carbocycles. The lowest BCUT2D eigenvalue weighted by Crippen LogP contribution is -2.38. The molecule has 0 heterocycles. The van der Waals surface area contributed by atoms with Crippen LogP contribution in [0.1, 0.15) is 37.0 Å². The molecular formula is C16H20ClN3O6. The summed E-state index contributed by atoms with van der Waals surface area (Å²) < 4.78 is 4.77. The predicted molar refractivity (Wildman–Crippen MR) is 93.9 cm³/mol. The number of esters is 1. The quantitative estimate of drug-likeness (QED) is 0.379. The second kappa shape index (κ2) is 10.3. The average molecular weight is 386 g/mol. The van der Waals surface area contributed by atoms with Crippen molar-refractivity contribution in [3.05, 3.63) is 38.9 Å². The van der Waals surface area contributed by atoms with E-state index < -0.39 is 41.5 Å². The van der Waals surface area contributed by atoms with Gasteiger partial charge in [0.1, 0.15) is 11.6 Å². The minimum atomic E-state index is -0.804. The van der Waals surface area contributed by atoms with Gasteiger partial charge in [0.15, 0.2) is 6.61 Å². The van der Waals surface area contributed by atoms with E-state index in [1.807, 2.05) is 13.8 Å². The molecule has 0 aromatic heterocycles. The van der Waals surface area contributed by atoms with Gasteiger partial charge in [-0.25, -0.2) is 0 Å². The summed E-state index contributed by atoms with van der Waals surface area (Å²) in [4.78, 5) is 45.2. The van der Waals surface area contributed by atoms with Crippen LogP contribution in [0.25, 0.3) is 0 Å². The summed E-state index contributed by atoms with van der Waals surface area (Å²) in [6.45, 7) is 2.93. The van der Waals surface area contributed by atoms with Gasteiger partial charge < -0.3 is 15.4 Å². The van der Waals surface area contributed by atoms with Gasteiger partial charge in [0, 0.05) is 17.7 Å². The molecule has 1 aromatic rings. The third-order valence-electron chi connectivity index (χ3n) is 3.51. The highest BCUT2D eigenvalue weighted by Crippen LogP contribution is 2.24. The van der Waals surface area contributed by atoms with Gasteiger partial charge in [0.25, 0.3) is 17.5 Å². The molecule has 1 rings (SSSR count). The number of hydrogen-bond donors (Lipinski definition) is 2. The molecule has 0 saturated heterocycles. The van der Waals surface area contributed by atoms with Crippen molar-refractivity contribution in [3.8, 4) is 0 Å². The first kappa shape index (κ1) is 21.4. The van der Waals surface area contributed by atoms with E-state index >= 15 is 0 Å². The van der Waals surface area contributed by atoms with Crippen LogP contribution in [0.3, 0.4) is 0 Å². The summed E-state index contributed by atoms with van der Waals surface area (Å²) in [5.41, 5.74) is -0.444. The van der Waals surface area contributed by atoms with Crippen LogP contribution in [0.2, 0.25) is 5.02 Å². The maximum atomic E-state index is 11.9. The number of carbonyl (C=O) groups is 3. The van der Waals surface area contributed by atoms with E-state index in [1.54, 1.807) is 0 Å². The fourth-order valence-corrected chi connectivity index (χ4v) is 2.19. The highest BCUT2D eigenvalue weighted by atomic mass is 35.5. The van der Waals surface area contributed by atoms with Crippen molar-refractivity contribution < 1.29 is 24.0 Å². The number of ether oxygens (including phenoxy) is 1. The predicted octanol–water partition coefficient (Wildman–Crippen LogP) is 1.83. The van der Waals surface area contributed by atoms with Gasteiger partial charge in [-0.15, -0.1) is 0 Å². The fraction of sp³-hybridized carbons (Fsp3) is 0.438. The van der Waals surface area contributed by atoms with Crippen molar-refractivity contribution in [3.63, 3.8) is 0 Å². The highest BCUT2D eigenvalue weighted by molar-refractivity contribution is 6.32. The summed E-state index contributed by atoms with van der Waals surface area (Å²) in [7, 11) is 0. The first-order chi connectivity index (χ1) is 12.3. The Bertz CT molecular complexity index is 691. The van der Waals surface area contributed by atoms with E-state index in [9.17, 15) is 24.5 Å². The molecule has 10 heteroatoms. The van der Waals surface area contributed by atoms with Gasteiger partial charge >= 0.3 is 5.97 Å². The average Bonchev–Trinajstić information content (AvgIpc) is 2.62. The lowest BCUT2D eigenvalue weighted by atomic mass is 10.2. The van der Waals surface area contributed by atoms with Crippen LogP contribution >= 0.6 is 11.6 Å². The molecule has 0 saturated carbocycles. The van der Waals surface area contributed by atoms with E-state index in [0.29, 0.717) is 0 Å². The first-order valence-corrected chi connectivity index (χ1v) is 8.33. The molecule has 0 spiro atoms. The van der Waals surface area contributed by atoms with E-state index in [-0.39, 0.29) is 16.6 Å². The van der Waals surface area contributed by atoms with Crippen LogP contribution in [0, 0.1) is 10.1 Å². The molecule has 2 amide bonds. The summed E-state index contributed by atoms with van der Waals surface area (Å²) in [5, 5.41) is 15.7. The van der Waals surface area contributed by atoms with Gasteiger partial charge in [0.2, 0.25) is 0 Å². The maximum absolute atomic E-state index is 11.9. The number of benzene rings is 1. The molecule has 0 aliphatic heterocycles. The number of nitrogens with one attached hydrogen (secondary N) is 2. The Kier molecular flexibility index (Phi) is 8.50. The van der Waals surface area contributed by atoms with Gasteiger partial charge in [-0.3, -0.25) is 24.5 Å². The Morgan fingerprint density at radius 3 is 2.50 bits per heavy atom. The number of nitro benzene ring substituents is 1. The van der Waals surface area contributed by atoms with Crippen LogP contribution in [0.15, 0.2) is 18.2 Å². The molecule has 142 valence electrons. The zero-order chi connectivity index (χ0) is 19.7. The van der Waals surface area contributed by atoms with Crippen molar-refractivity contribution in [2.24, 2.45) is 0 Å². The lowest BCUT2D eigenvalue weighted by molar-refractivity contribution is -0.384. The van der Waals surface area contributed by atoms with Crippen molar-refractivity contribution in [2.75, 3.05) is 13.2 Å². The van der Waals surface area contributed by atoms with E-state index in [2.05, 4.69) is 10.6 Å². The summed E-state index contributed by atoms with van der Waals surface area (Å²) in [6.07, 6.45) is 1.53. The fourth-order valence-electron chi connectivity index (χ4n) is 2.01. The summed E-state index contributed by atoms with van der Waals surface area (Å²) in [6, 6.07) is 3.53. The normalized spacial score (nSPS) is 10.3. The van der Waals surface area contributed by atoms with Crippen molar-refractivity contribution in [1.82, 2.24) is 10.6 Å². The van der Waals surface area contributed by atoms with Crippen LogP contribution in [-0.4, -0.2) is 41.9 Å². The van der Waals surface area contributed by atoms with Crippen LogP contribution in [0.5, 0.6) is 0 Å². The minimum Gasteiger partial charge on any atom is -0.454 e. The Balaban J connectivity index is 2.47. The molecule has 0 radical (unpaired) electrons. The number of carbonyl (C=O) groups excluding carboxylic acids is 3. The van der Waals surface area contributed by atoms with Crippen molar-refractivity contribution >= 4 is 35.1 Å². The third-order valence-corrected chi connectivity index (χ3v) is 3.83. The summed E-state index contributed by atoms with van der Waals surface area (Å²) >= 11 is 5.67. The number of rotatable bonds is 9. The first-order valence-electron chi connectivity index (χ1n) is 7.95. The second-order valence-corrected chi connectivity index (χ2v) is 5.75.